The predicted octanol–water partition coefficient (Wildman–Crippen LogP) is 3.97. The maximum atomic E-state index is 12.5. The van der Waals surface area contributed by atoms with Gasteiger partial charge in [-0.15, -0.1) is 0 Å². The van der Waals surface area contributed by atoms with E-state index < -0.39 is 6.10 Å². The highest BCUT2D eigenvalue weighted by molar-refractivity contribution is 5.81. The molecule has 0 aromatic heterocycles. The van der Waals surface area contributed by atoms with E-state index in [1.54, 1.807) is 21.1 Å². The molecule has 0 aliphatic carbocycles. The van der Waals surface area contributed by atoms with Gasteiger partial charge in [0.05, 0.1) is 20.3 Å². The van der Waals surface area contributed by atoms with Gasteiger partial charge in [0.1, 0.15) is 5.75 Å². The first-order valence-electron chi connectivity index (χ1n) is 8.62. The number of amides is 1. The summed E-state index contributed by atoms with van der Waals surface area (Å²) in [6, 6.07) is 11.2. The van der Waals surface area contributed by atoms with E-state index in [0.29, 0.717) is 11.5 Å². The van der Waals surface area contributed by atoms with Gasteiger partial charge < -0.3 is 19.5 Å². The first kappa shape index (κ1) is 19.6. The molecule has 0 spiro atoms. The average molecular weight is 357 g/mol. The Kier molecular flexibility index (Phi) is 6.50. The molecule has 0 radical (unpaired) electrons. The summed E-state index contributed by atoms with van der Waals surface area (Å²) in [7, 11) is 3.18. The molecule has 26 heavy (non-hydrogen) atoms. The lowest BCUT2D eigenvalue weighted by Crippen LogP contribution is -2.37. The van der Waals surface area contributed by atoms with Gasteiger partial charge in [0.2, 0.25) is 0 Å². The second-order valence-electron chi connectivity index (χ2n) is 6.30. The van der Waals surface area contributed by atoms with Gasteiger partial charge in [0.25, 0.3) is 5.91 Å². The van der Waals surface area contributed by atoms with E-state index in [1.165, 1.54) is 0 Å². The summed E-state index contributed by atoms with van der Waals surface area (Å²) in [5.41, 5.74) is 3.10. The van der Waals surface area contributed by atoms with Gasteiger partial charge in [-0.25, -0.2) is 0 Å². The van der Waals surface area contributed by atoms with Crippen LogP contribution >= 0.6 is 0 Å². The molecule has 140 valence electrons. The van der Waals surface area contributed by atoms with Crippen LogP contribution in [0.2, 0.25) is 0 Å². The molecule has 0 saturated heterocycles. The Hall–Kier alpha value is -2.69. The van der Waals surface area contributed by atoms with Crippen molar-refractivity contribution in [2.75, 3.05) is 14.2 Å². The summed E-state index contributed by atoms with van der Waals surface area (Å²) in [5.74, 6) is 1.84. The number of benzene rings is 2. The molecule has 0 bridgehead atoms. The van der Waals surface area contributed by atoms with Crippen LogP contribution in [0.25, 0.3) is 0 Å². The predicted molar refractivity (Wildman–Crippen MR) is 102 cm³/mol. The zero-order valence-electron chi connectivity index (χ0n) is 16.3. The minimum absolute atomic E-state index is 0.173. The highest BCUT2D eigenvalue weighted by Crippen LogP contribution is 2.30. The third-order valence-electron chi connectivity index (χ3n) is 4.49. The monoisotopic (exact) mass is 357 g/mol. The number of hydrogen-bond acceptors (Lipinski definition) is 4. The van der Waals surface area contributed by atoms with Crippen molar-refractivity contribution in [3.8, 4) is 17.2 Å². The van der Waals surface area contributed by atoms with E-state index in [2.05, 4.69) is 5.32 Å². The molecule has 2 atom stereocenters. The van der Waals surface area contributed by atoms with Crippen molar-refractivity contribution in [3.05, 3.63) is 53.1 Å². The number of aryl methyl sites for hydroxylation is 1. The summed E-state index contributed by atoms with van der Waals surface area (Å²) in [6.07, 6.45) is -0.599. The standard InChI is InChI=1S/C21H27NO4/c1-13-8-7-9-18(14(13)2)26-16(4)21(23)22-15(3)17-10-11-19(24-5)20(12-17)25-6/h7-12,15-16H,1-6H3,(H,22,23). The Labute approximate surface area is 155 Å². The smallest absolute Gasteiger partial charge is 0.261 e. The Bertz CT molecular complexity index is 773. The number of hydrogen-bond donors (Lipinski definition) is 1. The number of ether oxygens (including phenoxy) is 3. The normalized spacial score (nSPS) is 12.8. The van der Waals surface area contributed by atoms with Crippen LogP contribution in [0.1, 0.15) is 36.6 Å². The van der Waals surface area contributed by atoms with Gasteiger partial charge in [-0.05, 0) is 62.6 Å². The van der Waals surface area contributed by atoms with Crippen LogP contribution < -0.4 is 19.5 Å². The average Bonchev–Trinajstić information content (AvgIpc) is 2.64. The molecule has 2 rings (SSSR count). The lowest BCUT2D eigenvalue weighted by Gasteiger charge is -2.21. The molecule has 0 heterocycles. The van der Waals surface area contributed by atoms with Crippen molar-refractivity contribution in [1.29, 1.82) is 0 Å². The van der Waals surface area contributed by atoms with Gasteiger partial charge in [0.15, 0.2) is 17.6 Å². The number of carbonyl (C=O) groups excluding carboxylic acids is 1. The molecule has 0 fully saturated rings. The number of nitrogens with one attached hydrogen (secondary N) is 1. The second kappa shape index (κ2) is 8.61. The minimum Gasteiger partial charge on any atom is -0.493 e. The molecule has 1 amide bonds. The maximum absolute atomic E-state index is 12.5. The fraction of sp³-hybridized carbons (Fsp3) is 0.381. The Balaban J connectivity index is 2.05. The van der Waals surface area contributed by atoms with E-state index in [-0.39, 0.29) is 11.9 Å². The molecule has 0 saturated carbocycles. The largest absolute Gasteiger partial charge is 0.493 e. The van der Waals surface area contributed by atoms with Crippen LogP contribution in [0, 0.1) is 13.8 Å². The molecule has 5 nitrogen and oxygen atoms in total. The Morgan fingerprint density at radius 2 is 1.65 bits per heavy atom. The first-order chi connectivity index (χ1) is 12.4. The van der Waals surface area contributed by atoms with Crippen molar-refractivity contribution in [1.82, 2.24) is 5.32 Å². The quantitative estimate of drug-likeness (QED) is 0.815. The summed E-state index contributed by atoms with van der Waals surface area (Å²) in [5, 5.41) is 2.98. The zero-order valence-corrected chi connectivity index (χ0v) is 16.3. The number of rotatable bonds is 7. The van der Waals surface area contributed by atoms with Gasteiger partial charge in [0, 0.05) is 0 Å². The first-order valence-corrected chi connectivity index (χ1v) is 8.62. The van der Waals surface area contributed by atoms with Crippen LogP contribution in [-0.4, -0.2) is 26.2 Å². The van der Waals surface area contributed by atoms with Gasteiger partial charge in [-0.3, -0.25) is 4.79 Å². The van der Waals surface area contributed by atoms with Crippen LogP contribution in [0.5, 0.6) is 17.2 Å². The highest BCUT2D eigenvalue weighted by atomic mass is 16.5. The molecule has 5 heteroatoms. The molecule has 0 aliphatic rings. The summed E-state index contributed by atoms with van der Waals surface area (Å²) in [4.78, 5) is 12.5. The fourth-order valence-electron chi connectivity index (χ4n) is 2.63. The molecule has 2 aromatic rings. The van der Waals surface area contributed by atoms with Crippen LogP contribution in [0.3, 0.4) is 0 Å². The highest BCUT2D eigenvalue weighted by Gasteiger charge is 2.19. The van der Waals surface area contributed by atoms with Crippen LogP contribution in [0.15, 0.2) is 36.4 Å². The maximum Gasteiger partial charge on any atom is 0.261 e. The lowest BCUT2D eigenvalue weighted by atomic mass is 10.1. The van der Waals surface area contributed by atoms with E-state index in [1.807, 2.05) is 57.2 Å². The van der Waals surface area contributed by atoms with E-state index in [4.69, 9.17) is 14.2 Å². The fourth-order valence-corrected chi connectivity index (χ4v) is 2.63. The van der Waals surface area contributed by atoms with Crippen LogP contribution in [-0.2, 0) is 4.79 Å². The molecule has 0 aliphatic heterocycles. The van der Waals surface area contributed by atoms with Crippen molar-refractivity contribution in [3.63, 3.8) is 0 Å². The summed E-state index contributed by atoms with van der Waals surface area (Å²) in [6.45, 7) is 7.68. The molecular formula is C21H27NO4. The van der Waals surface area contributed by atoms with Gasteiger partial charge in [-0.1, -0.05) is 18.2 Å². The summed E-state index contributed by atoms with van der Waals surface area (Å²) < 4.78 is 16.4. The lowest BCUT2D eigenvalue weighted by molar-refractivity contribution is -0.127. The van der Waals surface area contributed by atoms with Crippen molar-refractivity contribution >= 4 is 5.91 Å². The summed E-state index contributed by atoms with van der Waals surface area (Å²) >= 11 is 0. The molecule has 1 N–H and O–H groups in total. The second-order valence-corrected chi connectivity index (χ2v) is 6.30. The third kappa shape index (κ3) is 4.48. The Morgan fingerprint density at radius 1 is 0.962 bits per heavy atom. The Morgan fingerprint density at radius 3 is 2.31 bits per heavy atom. The molecular weight excluding hydrogens is 330 g/mol. The minimum atomic E-state index is -0.599. The molecule has 2 unspecified atom stereocenters. The molecule has 2 aromatic carbocycles. The zero-order chi connectivity index (χ0) is 19.3. The number of carbonyl (C=O) groups is 1. The van der Waals surface area contributed by atoms with Crippen LogP contribution in [0.4, 0.5) is 0 Å². The number of methoxy groups -OCH3 is 2. The van der Waals surface area contributed by atoms with Gasteiger partial charge in [-0.2, -0.15) is 0 Å². The van der Waals surface area contributed by atoms with E-state index in [9.17, 15) is 4.79 Å². The van der Waals surface area contributed by atoms with E-state index in [0.717, 1.165) is 22.4 Å². The van der Waals surface area contributed by atoms with Crippen molar-refractivity contribution in [2.45, 2.75) is 39.8 Å². The van der Waals surface area contributed by atoms with Gasteiger partial charge >= 0.3 is 0 Å². The third-order valence-corrected chi connectivity index (χ3v) is 4.49. The SMILES string of the molecule is COc1ccc(C(C)NC(=O)C(C)Oc2cccc(C)c2C)cc1OC. The van der Waals surface area contributed by atoms with E-state index >= 15 is 0 Å². The van der Waals surface area contributed by atoms with Crippen molar-refractivity contribution < 1.29 is 19.0 Å². The topological polar surface area (TPSA) is 56.8 Å². The van der Waals surface area contributed by atoms with Crippen molar-refractivity contribution in [2.24, 2.45) is 0 Å².